The summed E-state index contributed by atoms with van der Waals surface area (Å²) in [6, 6.07) is 16.9. The van der Waals surface area contributed by atoms with Crippen LogP contribution in [-0.4, -0.2) is 20.0 Å². The minimum Gasteiger partial charge on any atom is -0.497 e. The van der Waals surface area contributed by atoms with Gasteiger partial charge in [0.2, 0.25) is 0 Å². The number of carbonyl (C=O) groups is 1. The van der Waals surface area contributed by atoms with E-state index in [1.54, 1.807) is 38.5 Å². The number of nitriles is 1. The summed E-state index contributed by atoms with van der Waals surface area (Å²) in [5.41, 5.74) is 0.507. The highest BCUT2D eigenvalue weighted by molar-refractivity contribution is 5.79. The Bertz CT molecular complexity index is 664. The molecule has 0 aliphatic rings. The smallest absolute Gasteiger partial charge is 0.132 e. The second kappa shape index (κ2) is 6.97. The molecule has 0 aromatic heterocycles. The Labute approximate surface area is 136 Å². The summed E-state index contributed by atoms with van der Waals surface area (Å²) in [5.74, 6) is 1.37. The van der Waals surface area contributed by atoms with Crippen LogP contribution in [0.4, 0.5) is 0 Å². The first-order chi connectivity index (χ1) is 11.1. The third kappa shape index (κ3) is 3.35. The van der Waals surface area contributed by atoms with E-state index < -0.39 is 5.41 Å². The van der Waals surface area contributed by atoms with Crippen molar-refractivity contribution in [3.05, 3.63) is 59.7 Å². The van der Waals surface area contributed by atoms with E-state index in [0.717, 1.165) is 11.1 Å². The van der Waals surface area contributed by atoms with Gasteiger partial charge in [0.25, 0.3) is 0 Å². The molecule has 0 radical (unpaired) electrons. The van der Waals surface area contributed by atoms with Crippen LogP contribution in [0, 0.1) is 11.3 Å². The topological polar surface area (TPSA) is 59.3 Å². The molecule has 23 heavy (non-hydrogen) atoms. The maximum atomic E-state index is 11.8. The van der Waals surface area contributed by atoms with Gasteiger partial charge in [-0.1, -0.05) is 24.3 Å². The summed E-state index contributed by atoms with van der Waals surface area (Å²) < 4.78 is 10.3. The Hall–Kier alpha value is -2.80. The summed E-state index contributed by atoms with van der Waals surface area (Å²) in [4.78, 5) is 11.8. The van der Waals surface area contributed by atoms with E-state index in [2.05, 4.69) is 6.07 Å². The van der Waals surface area contributed by atoms with Gasteiger partial charge < -0.3 is 9.47 Å². The van der Waals surface area contributed by atoms with Gasteiger partial charge in [0, 0.05) is 6.42 Å². The predicted octanol–water partition coefficient (Wildman–Crippen LogP) is 3.49. The Kier molecular flexibility index (Phi) is 5.02. The molecule has 0 amide bonds. The van der Waals surface area contributed by atoms with Crippen molar-refractivity contribution in [3.8, 4) is 17.6 Å². The van der Waals surface area contributed by atoms with Gasteiger partial charge in [-0.15, -0.1) is 0 Å². The second-order valence-electron chi connectivity index (χ2n) is 5.35. The molecule has 2 aromatic rings. The Morgan fingerprint density at radius 3 is 1.61 bits per heavy atom. The van der Waals surface area contributed by atoms with Crippen LogP contribution in [0.5, 0.6) is 11.5 Å². The first-order valence-electron chi connectivity index (χ1n) is 7.25. The van der Waals surface area contributed by atoms with Crippen LogP contribution < -0.4 is 9.47 Å². The zero-order valence-electron chi connectivity index (χ0n) is 13.5. The van der Waals surface area contributed by atoms with Crippen molar-refractivity contribution >= 4 is 5.78 Å². The van der Waals surface area contributed by atoms with Crippen molar-refractivity contribution in [2.24, 2.45) is 0 Å². The van der Waals surface area contributed by atoms with Gasteiger partial charge >= 0.3 is 0 Å². The molecule has 0 bridgehead atoms. The van der Waals surface area contributed by atoms with E-state index in [1.165, 1.54) is 6.92 Å². The Balaban J connectivity index is 2.57. The van der Waals surface area contributed by atoms with Crippen LogP contribution in [0.3, 0.4) is 0 Å². The summed E-state index contributed by atoms with van der Waals surface area (Å²) in [6.45, 7) is 1.50. The number of methoxy groups -OCH3 is 2. The molecule has 4 nitrogen and oxygen atoms in total. The minimum atomic E-state index is -1.02. The quantitative estimate of drug-likeness (QED) is 0.819. The van der Waals surface area contributed by atoms with E-state index in [-0.39, 0.29) is 12.2 Å². The maximum absolute atomic E-state index is 11.8. The number of rotatable bonds is 6. The van der Waals surface area contributed by atoms with Crippen LogP contribution in [0.1, 0.15) is 24.5 Å². The lowest BCUT2D eigenvalue weighted by molar-refractivity contribution is -0.117. The fourth-order valence-corrected chi connectivity index (χ4v) is 2.66. The van der Waals surface area contributed by atoms with Gasteiger partial charge in [0.1, 0.15) is 22.7 Å². The van der Waals surface area contributed by atoms with Crippen molar-refractivity contribution in [1.82, 2.24) is 0 Å². The van der Waals surface area contributed by atoms with Crippen LogP contribution in [-0.2, 0) is 10.2 Å². The monoisotopic (exact) mass is 309 g/mol. The number of ether oxygens (including phenoxy) is 2. The zero-order valence-corrected chi connectivity index (χ0v) is 13.5. The first kappa shape index (κ1) is 16.6. The van der Waals surface area contributed by atoms with Crippen molar-refractivity contribution in [2.75, 3.05) is 14.2 Å². The lowest BCUT2D eigenvalue weighted by Crippen LogP contribution is -2.28. The first-order valence-corrected chi connectivity index (χ1v) is 7.25. The molecular formula is C19H19NO3. The van der Waals surface area contributed by atoms with Crippen molar-refractivity contribution in [2.45, 2.75) is 18.8 Å². The Morgan fingerprint density at radius 2 is 1.35 bits per heavy atom. The number of nitrogens with zero attached hydrogens (tertiary/aromatic N) is 1. The predicted molar refractivity (Wildman–Crippen MR) is 87.7 cm³/mol. The summed E-state index contributed by atoms with van der Waals surface area (Å²) in [5, 5.41) is 9.92. The van der Waals surface area contributed by atoms with Crippen LogP contribution in [0.25, 0.3) is 0 Å². The van der Waals surface area contributed by atoms with E-state index in [9.17, 15) is 10.1 Å². The third-order valence-corrected chi connectivity index (χ3v) is 3.87. The summed E-state index contributed by atoms with van der Waals surface area (Å²) in [7, 11) is 3.18. The molecule has 0 fully saturated rings. The lowest BCUT2D eigenvalue weighted by Gasteiger charge is -2.27. The summed E-state index contributed by atoms with van der Waals surface area (Å²) >= 11 is 0. The summed E-state index contributed by atoms with van der Waals surface area (Å²) in [6.07, 6.45) is 0.113. The number of hydrogen-bond donors (Lipinski definition) is 0. The highest BCUT2D eigenvalue weighted by atomic mass is 16.5. The highest BCUT2D eigenvalue weighted by Gasteiger charge is 2.36. The number of benzene rings is 2. The number of carbonyl (C=O) groups excluding carboxylic acids is 1. The molecule has 0 heterocycles. The molecule has 0 saturated carbocycles. The molecule has 0 aliphatic heterocycles. The average molecular weight is 309 g/mol. The fourth-order valence-electron chi connectivity index (χ4n) is 2.66. The largest absolute Gasteiger partial charge is 0.497 e. The molecule has 0 unspecified atom stereocenters. The van der Waals surface area contributed by atoms with Crippen molar-refractivity contribution in [1.29, 1.82) is 5.26 Å². The molecule has 0 saturated heterocycles. The van der Waals surface area contributed by atoms with Crippen LogP contribution in [0.15, 0.2) is 48.5 Å². The van der Waals surface area contributed by atoms with Gasteiger partial charge in [-0.3, -0.25) is 4.79 Å². The van der Waals surface area contributed by atoms with Gasteiger partial charge in [-0.05, 0) is 42.3 Å². The molecule has 2 rings (SSSR count). The SMILES string of the molecule is COc1ccc(C(C#N)(CC(C)=O)c2ccc(OC)cc2)cc1. The fraction of sp³-hybridized carbons (Fsp3) is 0.263. The van der Waals surface area contributed by atoms with E-state index in [0.29, 0.717) is 11.5 Å². The molecule has 0 spiro atoms. The number of Topliss-reactive ketones (excluding diaryl/α,β-unsaturated/α-hetero) is 1. The molecule has 0 aliphatic carbocycles. The molecule has 118 valence electrons. The maximum Gasteiger partial charge on any atom is 0.132 e. The van der Waals surface area contributed by atoms with E-state index in [1.807, 2.05) is 24.3 Å². The molecule has 4 heteroatoms. The van der Waals surface area contributed by atoms with Crippen molar-refractivity contribution < 1.29 is 14.3 Å². The van der Waals surface area contributed by atoms with Crippen LogP contribution in [0.2, 0.25) is 0 Å². The molecular weight excluding hydrogens is 290 g/mol. The average Bonchev–Trinajstić information content (AvgIpc) is 2.60. The standard InChI is InChI=1S/C19H19NO3/c1-14(21)12-19(13-20,15-4-8-17(22-2)9-5-15)16-6-10-18(23-3)11-7-16/h4-11H,12H2,1-3H3. The van der Waals surface area contributed by atoms with Gasteiger partial charge in [0.15, 0.2) is 0 Å². The lowest BCUT2D eigenvalue weighted by atomic mass is 9.72. The minimum absolute atomic E-state index is 0.0433. The van der Waals surface area contributed by atoms with Gasteiger partial charge in [0.05, 0.1) is 20.3 Å². The van der Waals surface area contributed by atoms with Gasteiger partial charge in [-0.2, -0.15) is 5.26 Å². The highest BCUT2D eigenvalue weighted by Crippen LogP contribution is 2.37. The van der Waals surface area contributed by atoms with Crippen LogP contribution >= 0.6 is 0 Å². The van der Waals surface area contributed by atoms with Gasteiger partial charge in [-0.25, -0.2) is 0 Å². The molecule has 0 atom stereocenters. The zero-order chi connectivity index (χ0) is 16.9. The van der Waals surface area contributed by atoms with Crippen molar-refractivity contribution in [3.63, 3.8) is 0 Å². The van der Waals surface area contributed by atoms with E-state index >= 15 is 0 Å². The Morgan fingerprint density at radius 1 is 0.957 bits per heavy atom. The number of hydrogen-bond acceptors (Lipinski definition) is 4. The normalized spacial score (nSPS) is 10.7. The molecule has 0 N–H and O–H groups in total. The third-order valence-electron chi connectivity index (χ3n) is 3.87. The molecule has 2 aromatic carbocycles. The second-order valence-corrected chi connectivity index (χ2v) is 5.35. The van der Waals surface area contributed by atoms with E-state index in [4.69, 9.17) is 9.47 Å². The number of ketones is 1.